The molecule has 0 bridgehead atoms. The number of hydrogen-bond acceptors (Lipinski definition) is 3. The second-order valence-electron chi connectivity index (χ2n) is 4.49. The minimum atomic E-state index is 0.556. The highest BCUT2D eigenvalue weighted by Gasteiger charge is 2.15. The fraction of sp³-hybridized carbons (Fsp3) is 0.385. The first kappa shape index (κ1) is 10.5. The van der Waals surface area contributed by atoms with Crippen LogP contribution < -0.4 is 5.32 Å². The minimum absolute atomic E-state index is 0.556. The summed E-state index contributed by atoms with van der Waals surface area (Å²) in [6.07, 6.45) is 4.53. The first-order valence-electron chi connectivity index (χ1n) is 6.11. The SMILES string of the molecule is c1ccc(-c2cn(C[C@@H]3CCCN3)nn2)cc1. The van der Waals surface area contributed by atoms with E-state index in [0.29, 0.717) is 6.04 Å². The second kappa shape index (κ2) is 4.67. The van der Waals surface area contributed by atoms with Gasteiger partial charge in [0.15, 0.2) is 0 Å². The van der Waals surface area contributed by atoms with E-state index >= 15 is 0 Å². The number of hydrogen-bond donors (Lipinski definition) is 1. The third kappa shape index (κ3) is 2.36. The molecular formula is C13H16N4. The maximum absolute atomic E-state index is 4.21. The highest BCUT2D eigenvalue weighted by atomic mass is 15.4. The molecule has 1 aliphatic heterocycles. The lowest BCUT2D eigenvalue weighted by Gasteiger charge is -2.08. The Hall–Kier alpha value is -1.68. The van der Waals surface area contributed by atoms with Gasteiger partial charge < -0.3 is 5.32 Å². The van der Waals surface area contributed by atoms with Crippen molar-refractivity contribution in [3.8, 4) is 11.3 Å². The van der Waals surface area contributed by atoms with Crippen LogP contribution in [0, 0.1) is 0 Å². The monoisotopic (exact) mass is 228 g/mol. The molecule has 0 amide bonds. The summed E-state index contributed by atoms with van der Waals surface area (Å²) in [6.45, 7) is 2.05. The van der Waals surface area contributed by atoms with E-state index in [4.69, 9.17) is 0 Å². The zero-order chi connectivity index (χ0) is 11.5. The van der Waals surface area contributed by atoms with Crippen molar-refractivity contribution < 1.29 is 0 Å². The van der Waals surface area contributed by atoms with Gasteiger partial charge in [-0.3, -0.25) is 4.68 Å². The largest absolute Gasteiger partial charge is 0.312 e. The first-order valence-corrected chi connectivity index (χ1v) is 6.11. The number of rotatable bonds is 3. The van der Waals surface area contributed by atoms with E-state index < -0.39 is 0 Å². The Balaban J connectivity index is 1.74. The Morgan fingerprint density at radius 1 is 1.29 bits per heavy atom. The van der Waals surface area contributed by atoms with Gasteiger partial charge in [0.1, 0.15) is 5.69 Å². The second-order valence-corrected chi connectivity index (χ2v) is 4.49. The van der Waals surface area contributed by atoms with Crippen molar-refractivity contribution in [1.29, 1.82) is 0 Å². The summed E-state index contributed by atoms with van der Waals surface area (Å²) in [5.74, 6) is 0. The lowest BCUT2D eigenvalue weighted by molar-refractivity contribution is 0.466. The van der Waals surface area contributed by atoms with E-state index in [9.17, 15) is 0 Å². The van der Waals surface area contributed by atoms with Crippen molar-refractivity contribution in [1.82, 2.24) is 20.3 Å². The molecule has 0 unspecified atom stereocenters. The highest BCUT2D eigenvalue weighted by molar-refractivity contribution is 5.57. The maximum Gasteiger partial charge on any atom is 0.113 e. The molecule has 1 aromatic heterocycles. The lowest BCUT2D eigenvalue weighted by Crippen LogP contribution is -2.26. The van der Waals surface area contributed by atoms with E-state index in [2.05, 4.69) is 27.8 Å². The molecule has 1 fully saturated rings. The van der Waals surface area contributed by atoms with Crippen LogP contribution >= 0.6 is 0 Å². The molecule has 4 nitrogen and oxygen atoms in total. The number of nitrogens with one attached hydrogen (secondary N) is 1. The van der Waals surface area contributed by atoms with Crippen LogP contribution in [-0.2, 0) is 6.54 Å². The summed E-state index contributed by atoms with van der Waals surface area (Å²) < 4.78 is 1.94. The number of aromatic nitrogens is 3. The van der Waals surface area contributed by atoms with E-state index in [0.717, 1.165) is 24.3 Å². The Kier molecular flexibility index (Phi) is 2.88. The maximum atomic E-state index is 4.21. The molecule has 0 aliphatic carbocycles. The van der Waals surface area contributed by atoms with Gasteiger partial charge in [-0.25, -0.2) is 0 Å². The van der Waals surface area contributed by atoms with Gasteiger partial charge in [-0.05, 0) is 19.4 Å². The molecule has 2 aromatic rings. The Bertz CT molecular complexity index is 471. The van der Waals surface area contributed by atoms with Gasteiger partial charge in [0.25, 0.3) is 0 Å². The van der Waals surface area contributed by atoms with E-state index in [-0.39, 0.29) is 0 Å². The molecule has 1 N–H and O–H groups in total. The first-order chi connectivity index (χ1) is 8.42. The van der Waals surface area contributed by atoms with Gasteiger partial charge in [-0.2, -0.15) is 0 Å². The molecule has 1 saturated heterocycles. The normalized spacial score (nSPS) is 19.6. The quantitative estimate of drug-likeness (QED) is 0.869. The average Bonchev–Trinajstić information content (AvgIpc) is 3.02. The van der Waals surface area contributed by atoms with Crippen LogP contribution in [0.4, 0.5) is 0 Å². The predicted molar refractivity (Wildman–Crippen MR) is 66.5 cm³/mol. The van der Waals surface area contributed by atoms with Gasteiger partial charge in [0.2, 0.25) is 0 Å². The van der Waals surface area contributed by atoms with Gasteiger partial charge in [-0.15, -0.1) is 5.10 Å². The van der Waals surface area contributed by atoms with Crippen LogP contribution in [0.3, 0.4) is 0 Å². The van der Waals surface area contributed by atoms with Gasteiger partial charge in [0, 0.05) is 11.6 Å². The smallest absolute Gasteiger partial charge is 0.113 e. The van der Waals surface area contributed by atoms with Crippen LogP contribution in [0.25, 0.3) is 11.3 Å². The number of nitrogens with zero attached hydrogens (tertiary/aromatic N) is 3. The predicted octanol–water partition coefficient (Wildman–Crippen LogP) is 1.70. The molecular weight excluding hydrogens is 212 g/mol. The molecule has 1 aliphatic rings. The van der Waals surface area contributed by atoms with Crippen molar-refractivity contribution in [2.75, 3.05) is 6.54 Å². The Labute approximate surface area is 101 Å². The van der Waals surface area contributed by atoms with E-state index in [1.807, 2.05) is 29.1 Å². The van der Waals surface area contributed by atoms with Crippen LogP contribution in [0.15, 0.2) is 36.5 Å². The molecule has 4 heteroatoms. The fourth-order valence-corrected chi connectivity index (χ4v) is 2.27. The zero-order valence-electron chi connectivity index (χ0n) is 9.71. The van der Waals surface area contributed by atoms with Crippen molar-refractivity contribution in [3.05, 3.63) is 36.5 Å². The highest BCUT2D eigenvalue weighted by Crippen LogP contribution is 2.15. The van der Waals surface area contributed by atoms with Crippen molar-refractivity contribution in [2.45, 2.75) is 25.4 Å². The molecule has 17 heavy (non-hydrogen) atoms. The molecule has 2 heterocycles. The number of benzene rings is 1. The summed E-state index contributed by atoms with van der Waals surface area (Å²) in [7, 11) is 0. The topological polar surface area (TPSA) is 42.7 Å². The van der Waals surface area contributed by atoms with Crippen LogP contribution in [-0.4, -0.2) is 27.6 Å². The third-order valence-corrected chi connectivity index (χ3v) is 3.18. The molecule has 0 saturated carbocycles. The summed E-state index contributed by atoms with van der Waals surface area (Å²) in [5, 5.41) is 11.9. The van der Waals surface area contributed by atoms with E-state index in [1.54, 1.807) is 0 Å². The Morgan fingerprint density at radius 3 is 2.94 bits per heavy atom. The molecule has 3 rings (SSSR count). The molecule has 0 spiro atoms. The van der Waals surface area contributed by atoms with Gasteiger partial charge >= 0.3 is 0 Å². The zero-order valence-corrected chi connectivity index (χ0v) is 9.71. The molecule has 1 atom stereocenters. The van der Waals surface area contributed by atoms with Crippen LogP contribution in [0.1, 0.15) is 12.8 Å². The average molecular weight is 228 g/mol. The van der Waals surface area contributed by atoms with Crippen molar-refractivity contribution in [3.63, 3.8) is 0 Å². The minimum Gasteiger partial charge on any atom is -0.312 e. The molecule has 0 radical (unpaired) electrons. The van der Waals surface area contributed by atoms with E-state index in [1.165, 1.54) is 12.8 Å². The van der Waals surface area contributed by atoms with Gasteiger partial charge in [-0.1, -0.05) is 35.5 Å². The van der Waals surface area contributed by atoms with Gasteiger partial charge in [0.05, 0.1) is 12.7 Å². The standard InChI is InChI=1S/C13H16N4/c1-2-5-11(6-3-1)13-10-17(16-15-13)9-12-7-4-8-14-12/h1-3,5-6,10,12,14H,4,7-9H2/t12-/m0/s1. The molecule has 1 aromatic carbocycles. The summed E-state index contributed by atoms with van der Waals surface area (Å²) in [4.78, 5) is 0. The van der Waals surface area contributed by atoms with Crippen molar-refractivity contribution >= 4 is 0 Å². The summed E-state index contributed by atoms with van der Waals surface area (Å²) in [6, 6.07) is 10.7. The van der Waals surface area contributed by atoms with Crippen molar-refractivity contribution in [2.24, 2.45) is 0 Å². The lowest BCUT2D eigenvalue weighted by atomic mass is 10.2. The Morgan fingerprint density at radius 2 is 2.18 bits per heavy atom. The molecule has 88 valence electrons. The summed E-state index contributed by atoms with van der Waals surface area (Å²) in [5.41, 5.74) is 2.07. The third-order valence-electron chi connectivity index (χ3n) is 3.18. The van der Waals surface area contributed by atoms with Crippen LogP contribution in [0.5, 0.6) is 0 Å². The summed E-state index contributed by atoms with van der Waals surface area (Å²) >= 11 is 0. The fourth-order valence-electron chi connectivity index (χ4n) is 2.27. The van der Waals surface area contributed by atoms with Crippen LogP contribution in [0.2, 0.25) is 0 Å².